The van der Waals surface area contributed by atoms with Crippen molar-refractivity contribution in [1.29, 1.82) is 0 Å². The molecule has 4 N–H and O–H groups in total. The fourth-order valence-electron chi connectivity index (χ4n) is 1.86. The van der Waals surface area contributed by atoms with Gasteiger partial charge in [0.15, 0.2) is 0 Å². The number of amides is 2. The number of carboxylic acids is 1. The molecule has 3 atom stereocenters. The lowest BCUT2D eigenvalue weighted by molar-refractivity contribution is -0.139. The summed E-state index contributed by atoms with van der Waals surface area (Å²) in [6.07, 6.45) is 0.990. The Morgan fingerprint density at radius 3 is 2.72 bits per heavy atom. The first-order valence-electron chi connectivity index (χ1n) is 6.04. The van der Waals surface area contributed by atoms with E-state index < -0.39 is 18.0 Å². The van der Waals surface area contributed by atoms with E-state index in [0.29, 0.717) is 13.2 Å². The van der Waals surface area contributed by atoms with Gasteiger partial charge in [0.2, 0.25) is 0 Å². The highest BCUT2D eigenvalue weighted by Gasteiger charge is 2.25. The zero-order chi connectivity index (χ0) is 13.5. The third kappa shape index (κ3) is 4.50. The van der Waals surface area contributed by atoms with Crippen molar-refractivity contribution in [1.82, 2.24) is 10.6 Å². The lowest BCUT2D eigenvalue weighted by Gasteiger charge is -2.17. The summed E-state index contributed by atoms with van der Waals surface area (Å²) in [6.45, 7) is 2.81. The second kappa shape index (κ2) is 7.17. The number of carbonyl (C=O) groups is 2. The van der Waals surface area contributed by atoms with Crippen LogP contribution >= 0.6 is 0 Å². The van der Waals surface area contributed by atoms with Gasteiger partial charge in [-0.25, -0.2) is 9.59 Å². The molecule has 1 aliphatic heterocycles. The second-order valence-electron chi connectivity index (χ2n) is 4.38. The zero-order valence-corrected chi connectivity index (χ0v) is 10.4. The van der Waals surface area contributed by atoms with Gasteiger partial charge in [-0.2, -0.15) is 0 Å². The van der Waals surface area contributed by atoms with Gasteiger partial charge in [-0.1, -0.05) is 0 Å². The topological polar surface area (TPSA) is 108 Å². The van der Waals surface area contributed by atoms with Gasteiger partial charge in [0.25, 0.3) is 0 Å². The van der Waals surface area contributed by atoms with Crippen LogP contribution in [-0.2, 0) is 9.53 Å². The molecular formula is C11H20N2O5. The van der Waals surface area contributed by atoms with Crippen molar-refractivity contribution in [2.45, 2.75) is 31.9 Å². The maximum atomic E-state index is 11.5. The third-order valence-electron chi connectivity index (χ3n) is 3.08. The Balaban J connectivity index is 2.29. The first-order chi connectivity index (χ1) is 8.54. The normalized spacial score (nSPS) is 24.6. The molecular weight excluding hydrogens is 240 g/mol. The van der Waals surface area contributed by atoms with Gasteiger partial charge in [-0.15, -0.1) is 0 Å². The summed E-state index contributed by atoms with van der Waals surface area (Å²) in [5, 5.41) is 22.4. The molecule has 7 heteroatoms. The van der Waals surface area contributed by atoms with E-state index in [0.717, 1.165) is 6.42 Å². The number of rotatable bonds is 6. The van der Waals surface area contributed by atoms with Gasteiger partial charge >= 0.3 is 12.0 Å². The highest BCUT2D eigenvalue weighted by Crippen LogP contribution is 2.19. The van der Waals surface area contributed by atoms with Gasteiger partial charge < -0.3 is 25.6 Å². The standard InChI is InChI=1S/C11H20N2O5/c1-7-8(3-5-18-7)6-12-11(17)13-9(2-4-14)10(15)16/h7-9,14H,2-6H2,1H3,(H,15,16)(H2,12,13,17)/t7?,8?,9-/m0/s1. The molecule has 1 heterocycles. The van der Waals surface area contributed by atoms with Crippen LogP contribution in [0.3, 0.4) is 0 Å². The van der Waals surface area contributed by atoms with E-state index in [1.165, 1.54) is 0 Å². The number of aliphatic carboxylic acids is 1. The quantitative estimate of drug-likeness (QED) is 0.517. The van der Waals surface area contributed by atoms with Crippen LogP contribution in [-0.4, -0.2) is 54.1 Å². The zero-order valence-electron chi connectivity index (χ0n) is 10.4. The largest absolute Gasteiger partial charge is 0.480 e. The molecule has 104 valence electrons. The monoisotopic (exact) mass is 260 g/mol. The third-order valence-corrected chi connectivity index (χ3v) is 3.08. The van der Waals surface area contributed by atoms with Crippen LogP contribution in [0.1, 0.15) is 19.8 Å². The molecule has 0 aromatic heterocycles. The summed E-state index contributed by atoms with van der Waals surface area (Å²) < 4.78 is 5.36. The van der Waals surface area contributed by atoms with Crippen LogP contribution in [0.4, 0.5) is 4.79 Å². The van der Waals surface area contributed by atoms with Crippen molar-refractivity contribution >= 4 is 12.0 Å². The van der Waals surface area contributed by atoms with Crippen LogP contribution in [0.5, 0.6) is 0 Å². The first-order valence-corrected chi connectivity index (χ1v) is 6.04. The predicted octanol–water partition coefficient (Wildman–Crippen LogP) is -0.454. The van der Waals surface area contributed by atoms with Gasteiger partial charge in [0.05, 0.1) is 6.10 Å². The Bertz CT molecular complexity index is 297. The minimum atomic E-state index is -1.16. The number of hydrogen-bond acceptors (Lipinski definition) is 4. The second-order valence-corrected chi connectivity index (χ2v) is 4.38. The molecule has 1 fully saturated rings. The highest BCUT2D eigenvalue weighted by molar-refractivity contribution is 5.82. The fraction of sp³-hybridized carbons (Fsp3) is 0.818. The molecule has 0 radical (unpaired) electrons. The van der Waals surface area contributed by atoms with E-state index >= 15 is 0 Å². The van der Waals surface area contributed by atoms with Crippen molar-refractivity contribution in [2.75, 3.05) is 19.8 Å². The Morgan fingerprint density at radius 2 is 2.22 bits per heavy atom. The average molecular weight is 260 g/mol. The van der Waals surface area contributed by atoms with Crippen LogP contribution in [0.2, 0.25) is 0 Å². The van der Waals surface area contributed by atoms with Crippen molar-refractivity contribution in [2.24, 2.45) is 5.92 Å². The summed E-state index contributed by atoms with van der Waals surface area (Å²) >= 11 is 0. The van der Waals surface area contributed by atoms with E-state index in [1.54, 1.807) is 0 Å². The SMILES string of the molecule is CC1OCCC1CNC(=O)N[C@@H](CCO)C(=O)O. The van der Waals surface area contributed by atoms with Crippen molar-refractivity contribution < 1.29 is 24.5 Å². The van der Waals surface area contributed by atoms with E-state index in [4.69, 9.17) is 14.9 Å². The summed E-state index contributed by atoms with van der Waals surface area (Å²) in [6, 6.07) is -1.60. The smallest absolute Gasteiger partial charge is 0.326 e. The van der Waals surface area contributed by atoms with E-state index in [9.17, 15) is 9.59 Å². The number of hydrogen-bond donors (Lipinski definition) is 4. The summed E-state index contributed by atoms with van der Waals surface area (Å²) in [7, 11) is 0. The summed E-state index contributed by atoms with van der Waals surface area (Å²) in [5.74, 6) is -0.895. The summed E-state index contributed by atoms with van der Waals surface area (Å²) in [4.78, 5) is 22.3. The van der Waals surface area contributed by atoms with E-state index in [1.807, 2.05) is 6.92 Å². The van der Waals surface area contributed by atoms with Crippen LogP contribution < -0.4 is 10.6 Å². The molecule has 2 amide bonds. The molecule has 0 aliphatic carbocycles. The highest BCUT2D eigenvalue weighted by atomic mass is 16.5. The Hall–Kier alpha value is -1.34. The first kappa shape index (κ1) is 14.7. The number of nitrogens with one attached hydrogen (secondary N) is 2. The fourth-order valence-corrected chi connectivity index (χ4v) is 1.86. The van der Waals surface area contributed by atoms with Crippen LogP contribution in [0.15, 0.2) is 0 Å². The van der Waals surface area contributed by atoms with Crippen LogP contribution in [0.25, 0.3) is 0 Å². The van der Waals surface area contributed by atoms with E-state index in [-0.39, 0.29) is 25.0 Å². The van der Waals surface area contributed by atoms with Gasteiger partial charge in [-0.05, 0) is 13.3 Å². The lowest BCUT2D eigenvalue weighted by Crippen LogP contribution is -2.47. The molecule has 18 heavy (non-hydrogen) atoms. The average Bonchev–Trinajstić information content (AvgIpc) is 2.71. The molecule has 0 bridgehead atoms. The molecule has 7 nitrogen and oxygen atoms in total. The number of aliphatic hydroxyl groups excluding tert-OH is 1. The molecule has 1 aliphatic rings. The molecule has 0 saturated carbocycles. The Kier molecular flexibility index (Phi) is 5.87. The molecule has 0 spiro atoms. The summed E-state index contributed by atoms with van der Waals surface area (Å²) in [5.41, 5.74) is 0. The maximum Gasteiger partial charge on any atom is 0.326 e. The van der Waals surface area contributed by atoms with Crippen molar-refractivity contribution in [3.05, 3.63) is 0 Å². The number of urea groups is 1. The minimum Gasteiger partial charge on any atom is -0.480 e. The lowest BCUT2D eigenvalue weighted by atomic mass is 10.0. The molecule has 1 saturated heterocycles. The van der Waals surface area contributed by atoms with Crippen molar-refractivity contribution in [3.63, 3.8) is 0 Å². The molecule has 1 rings (SSSR count). The minimum absolute atomic E-state index is 0.00824. The number of aliphatic hydroxyl groups is 1. The number of carboxylic acid groups (broad SMARTS) is 1. The van der Waals surface area contributed by atoms with Gasteiger partial charge in [0.1, 0.15) is 6.04 Å². The van der Waals surface area contributed by atoms with Crippen molar-refractivity contribution in [3.8, 4) is 0 Å². The van der Waals surface area contributed by atoms with Gasteiger partial charge in [-0.3, -0.25) is 0 Å². The van der Waals surface area contributed by atoms with E-state index in [2.05, 4.69) is 10.6 Å². The predicted molar refractivity (Wildman–Crippen MR) is 63.2 cm³/mol. The maximum absolute atomic E-state index is 11.5. The van der Waals surface area contributed by atoms with Crippen LogP contribution in [0, 0.1) is 5.92 Å². The molecule has 0 aromatic carbocycles. The number of carbonyl (C=O) groups excluding carboxylic acids is 1. The number of ether oxygens (including phenoxy) is 1. The van der Waals surface area contributed by atoms with Gasteiger partial charge in [0, 0.05) is 32.1 Å². The molecule has 0 aromatic rings. The molecule has 2 unspecified atom stereocenters. The Labute approximate surface area is 106 Å². The Morgan fingerprint density at radius 1 is 1.50 bits per heavy atom.